The highest BCUT2D eigenvalue weighted by Gasteiger charge is 2.22. The Kier molecular flexibility index (Phi) is 3.21. The zero-order valence-electron chi connectivity index (χ0n) is 11.0. The molecule has 3 rings (SSSR count). The average molecular weight is 258 g/mol. The second-order valence-corrected chi connectivity index (χ2v) is 4.92. The minimum atomic E-state index is 0.521. The first-order chi connectivity index (χ1) is 9.31. The summed E-state index contributed by atoms with van der Waals surface area (Å²) in [7, 11) is 1.67. The first-order valence-corrected chi connectivity index (χ1v) is 6.58. The normalized spacial score (nSPS) is 18.1. The number of aromatic nitrogens is 3. The molecule has 1 aromatic heterocycles. The Labute approximate surface area is 112 Å². The molecule has 5 heteroatoms. The molecule has 19 heavy (non-hydrogen) atoms. The molecule has 2 heterocycles. The molecule has 0 fully saturated rings. The van der Waals surface area contributed by atoms with E-state index in [1.165, 1.54) is 0 Å². The summed E-state index contributed by atoms with van der Waals surface area (Å²) in [5.74, 6) is 3.32. The Hall–Kier alpha value is -1.88. The highest BCUT2D eigenvalue weighted by molar-refractivity contribution is 5.58. The molecule has 1 aliphatic rings. The highest BCUT2D eigenvalue weighted by Crippen LogP contribution is 2.27. The summed E-state index contributed by atoms with van der Waals surface area (Å²) < 4.78 is 7.45. The zero-order valence-corrected chi connectivity index (χ0v) is 11.0. The average Bonchev–Trinajstić information content (AvgIpc) is 2.90. The van der Waals surface area contributed by atoms with E-state index in [-0.39, 0.29) is 0 Å². The molecule has 0 saturated heterocycles. The zero-order chi connectivity index (χ0) is 13.2. The van der Waals surface area contributed by atoms with Crippen molar-refractivity contribution in [3.63, 3.8) is 0 Å². The van der Waals surface area contributed by atoms with Gasteiger partial charge >= 0.3 is 0 Å². The van der Waals surface area contributed by atoms with E-state index in [9.17, 15) is 0 Å². The van der Waals surface area contributed by atoms with Crippen LogP contribution in [0, 0.1) is 5.92 Å². The summed E-state index contributed by atoms with van der Waals surface area (Å²) in [4.78, 5) is 0. The van der Waals surface area contributed by atoms with Crippen LogP contribution in [0.2, 0.25) is 0 Å². The van der Waals surface area contributed by atoms with E-state index in [1.54, 1.807) is 7.11 Å². The summed E-state index contributed by atoms with van der Waals surface area (Å²) in [6, 6.07) is 7.92. The number of nitrogens with zero attached hydrogens (tertiary/aromatic N) is 3. The number of hydrogen-bond acceptors (Lipinski definition) is 4. The van der Waals surface area contributed by atoms with Crippen LogP contribution in [-0.2, 0) is 13.0 Å². The van der Waals surface area contributed by atoms with Gasteiger partial charge < -0.3 is 15.0 Å². The second-order valence-electron chi connectivity index (χ2n) is 4.92. The van der Waals surface area contributed by atoms with Gasteiger partial charge in [0, 0.05) is 18.5 Å². The van der Waals surface area contributed by atoms with E-state index in [4.69, 9.17) is 10.5 Å². The van der Waals surface area contributed by atoms with Crippen LogP contribution in [0.25, 0.3) is 11.4 Å². The minimum absolute atomic E-state index is 0.521. The van der Waals surface area contributed by atoms with Gasteiger partial charge in [-0.05, 0) is 31.0 Å². The molecule has 0 bridgehead atoms. The molecular weight excluding hydrogens is 240 g/mol. The van der Waals surface area contributed by atoms with Crippen LogP contribution < -0.4 is 10.5 Å². The molecular formula is C14H18N4O. The molecule has 0 radical (unpaired) electrons. The van der Waals surface area contributed by atoms with E-state index in [0.717, 1.165) is 48.9 Å². The lowest BCUT2D eigenvalue weighted by Gasteiger charge is -2.23. The number of benzene rings is 1. The van der Waals surface area contributed by atoms with Crippen molar-refractivity contribution in [1.29, 1.82) is 0 Å². The van der Waals surface area contributed by atoms with E-state index in [1.807, 2.05) is 24.3 Å². The molecule has 0 amide bonds. The largest absolute Gasteiger partial charge is 0.497 e. The molecule has 5 nitrogen and oxygen atoms in total. The highest BCUT2D eigenvalue weighted by atomic mass is 16.5. The van der Waals surface area contributed by atoms with Gasteiger partial charge in [-0.1, -0.05) is 12.1 Å². The first kappa shape index (κ1) is 12.2. The van der Waals surface area contributed by atoms with Gasteiger partial charge in [0.15, 0.2) is 5.82 Å². The van der Waals surface area contributed by atoms with Crippen molar-refractivity contribution in [1.82, 2.24) is 14.8 Å². The van der Waals surface area contributed by atoms with E-state index >= 15 is 0 Å². The maximum Gasteiger partial charge on any atom is 0.164 e. The number of methoxy groups -OCH3 is 1. The Morgan fingerprint density at radius 2 is 2.32 bits per heavy atom. The van der Waals surface area contributed by atoms with Crippen LogP contribution in [0.1, 0.15) is 12.2 Å². The smallest absolute Gasteiger partial charge is 0.164 e. The van der Waals surface area contributed by atoms with Crippen molar-refractivity contribution < 1.29 is 4.74 Å². The van der Waals surface area contributed by atoms with Crippen LogP contribution in [-0.4, -0.2) is 28.4 Å². The topological polar surface area (TPSA) is 66.0 Å². The molecule has 1 aliphatic heterocycles. The fourth-order valence-corrected chi connectivity index (χ4v) is 2.56. The van der Waals surface area contributed by atoms with Crippen molar-refractivity contribution in [3.8, 4) is 17.1 Å². The Bertz CT molecular complexity index is 579. The van der Waals surface area contributed by atoms with Crippen LogP contribution in [0.4, 0.5) is 0 Å². The van der Waals surface area contributed by atoms with Crippen molar-refractivity contribution in [2.45, 2.75) is 19.4 Å². The maximum atomic E-state index is 5.79. The van der Waals surface area contributed by atoms with Gasteiger partial charge in [0.1, 0.15) is 11.6 Å². The summed E-state index contributed by atoms with van der Waals surface area (Å²) in [5.41, 5.74) is 6.83. The Morgan fingerprint density at radius 1 is 1.42 bits per heavy atom. The van der Waals surface area contributed by atoms with Gasteiger partial charge in [-0.2, -0.15) is 0 Å². The van der Waals surface area contributed by atoms with Gasteiger partial charge in [-0.25, -0.2) is 0 Å². The molecule has 1 unspecified atom stereocenters. The lowest BCUT2D eigenvalue weighted by Crippen LogP contribution is -2.26. The lowest BCUT2D eigenvalue weighted by molar-refractivity contribution is 0.375. The molecule has 2 aromatic rings. The standard InChI is InChI=1S/C14H18N4O/c1-19-12-4-2-3-11(7-12)14-17-16-13-6-5-10(8-15)9-18(13)14/h2-4,7,10H,5-6,8-9,15H2,1H3. The van der Waals surface area contributed by atoms with E-state index in [2.05, 4.69) is 14.8 Å². The molecule has 0 spiro atoms. The van der Waals surface area contributed by atoms with Crippen LogP contribution in [0.15, 0.2) is 24.3 Å². The fraction of sp³-hybridized carbons (Fsp3) is 0.429. The first-order valence-electron chi connectivity index (χ1n) is 6.58. The van der Waals surface area contributed by atoms with Crippen molar-refractivity contribution in [2.24, 2.45) is 11.7 Å². The number of rotatable bonds is 3. The van der Waals surface area contributed by atoms with Gasteiger partial charge in [-0.15, -0.1) is 10.2 Å². The number of nitrogens with two attached hydrogens (primary N) is 1. The van der Waals surface area contributed by atoms with Crippen molar-refractivity contribution in [2.75, 3.05) is 13.7 Å². The monoisotopic (exact) mass is 258 g/mol. The molecule has 100 valence electrons. The lowest BCUT2D eigenvalue weighted by atomic mass is 9.99. The van der Waals surface area contributed by atoms with E-state index < -0.39 is 0 Å². The second kappa shape index (κ2) is 5.01. The van der Waals surface area contributed by atoms with Crippen molar-refractivity contribution in [3.05, 3.63) is 30.1 Å². The van der Waals surface area contributed by atoms with Gasteiger partial charge in [0.05, 0.1) is 7.11 Å². The minimum Gasteiger partial charge on any atom is -0.497 e. The van der Waals surface area contributed by atoms with Crippen LogP contribution in [0.3, 0.4) is 0 Å². The maximum absolute atomic E-state index is 5.79. The Morgan fingerprint density at radius 3 is 3.11 bits per heavy atom. The summed E-state index contributed by atoms with van der Waals surface area (Å²) in [5, 5.41) is 8.62. The third-order valence-corrected chi connectivity index (χ3v) is 3.71. The predicted molar refractivity (Wildman–Crippen MR) is 72.9 cm³/mol. The van der Waals surface area contributed by atoms with Crippen LogP contribution >= 0.6 is 0 Å². The third-order valence-electron chi connectivity index (χ3n) is 3.71. The third kappa shape index (κ3) is 2.21. The fourth-order valence-electron chi connectivity index (χ4n) is 2.56. The van der Waals surface area contributed by atoms with E-state index in [0.29, 0.717) is 5.92 Å². The summed E-state index contributed by atoms with van der Waals surface area (Å²) >= 11 is 0. The SMILES string of the molecule is COc1cccc(-c2nnc3n2CC(CN)CC3)c1. The van der Waals surface area contributed by atoms with Gasteiger partial charge in [-0.3, -0.25) is 0 Å². The molecule has 1 aromatic carbocycles. The number of fused-ring (bicyclic) bond motifs is 1. The number of aryl methyl sites for hydroxylation is 1. The Balaban J connectivity index is 1.99. The quantitative estimate of drug-likeness (QED) is 0.905. The van der Waals surface area contributed by atoms with Gasteiger partial charge in [0.2, 0.25) is 0 Å². The summed E-state index contributed by atoms with van der Waals surface area (Å²) in [6.07, 6.45) is 2.06. The number of ether oxygens (including phenoxy) is 1. The predicted octanol–water partition coefficient (Wildman–Crippen LogP) is 1.47. The molecule has 1 atom stereocenters. The van der Waals surface area contributed by atoms with Gasteiger partial charge in [0.25, 0.3) is 0 Å². The molecule has 0 aliphatic carbocycles. The van der Waals surface area contributed by atoms with Crippen molar-refractivity contribution >= 4 is 0 Å². The molecule has 0 saturated carbocycles. The number of hydrogen-bond donors (Lipinski definition) is 1. The summed E-state index contributed by atoms with van der Waals surface area (Å²) in [6.45, 7) is 1.63. The molecule has 2 N–H and O–H groups in total. The van der Waals surface area contributed by atoms with Crippen LogP contribution in [0.5, 0.6) is 5.75 Å².